The predicted molar refractivity (Wildman–Crippen MR) is 55.0 cm³/mol. The number of fused-ring (bicyclic) bond motifs is 1. The molecule has 0 fully saturated rings. The van der Waals surface area contributed by atoms with Gasteiger partial charge >= 0.3 is 5.97 Å². The highest BCUT2D eigenvalue weighted by atomic mass is 35.5. The maximum absolute atomic E-state index is 10.8. The molecule has 0 saturated heterocycles. The number of rotatable bonds is 1. The highest BCUT2D eigenvalue weighted by molar-refractivity contribution is 6.36. The first-order valence-corrected chi connectivity index (χ1v) is 4.49. The Morgan fingerprint density at radius 1 is 1.50 bits per heavy atom. The van der Waals surface area contributed by atoms with Crippen LogP contribution in [-0.2, 0) is 0 Å². The van der Waals surface area contributed by atoms with Crippen LogP contribution in [0, 0.1) is 6.92 Å². The van der Waals surface area contributed by atoms with Gasteiger partial charge in [-0.1, -0.05) is 17.7 Å². The molecule has 0 amide bonds. The number of aromatic nitrogens is 1. The van der Waals surface area contributed by atoms with Crippen LogP contribution >= 0.6 is 11.6 Å². The van der Waals surface area contributed by atoms with Crippen molar-refractivity contribution >= 4 is 28.5 Å². The van der Waals surface area contributed by atoms with Gasteiger partial charge in [-0.2, -0.15) is 0 Å². The number of carboxylic acids is 1. The lowest BCUT2D eigenvalue weighted by molar-refractivity contribution is 0.0691. The van der Waals surface area contributed by atoms with Gasteiger partial charge in [0, 0.05) is 10.9 Å². The minimum Gasteiger partial charge on any atom is -0.477 e. The van der Waals surface area contributed by atoms with E-state index in [1.165, 1.54) is 0 Å². The minimum absolute atomic E-state index is 0.202. The van der Waals surface area contributed by atoms with Gasteiger partial charge in [-0.05, 0) is 24.6 Å². The van der Waals surface area contributed by atoms with E-state index in [-0.39, 0.29) is 5.69 Å². The summed E-state index contributed by atoms with van der Waals surface area (Å²) in [5.41, 5.74) is 1.64. The molecule has 0 radical (unpaired) electrons. The summed E-state index contributed by atoms with van der Waals surface area (Å²) in [6.07, 6.45) is 0. The molecule has 0 unspecified atom stereocenters. The molecule has 0 aliphatic heterocycles. The van der Waals surface area contributed by atoms with E-state index in [4.69, 9.17) is 16.7 Å². The fourth-order valence-electron chi connectivity index (χ4n) is 1.58. The summed E-state index contributed by atoms with van der Waals surface area (Å²) in [5.74, 6) is -0.963. The zero-order valence-corrected chi connectivity index (χ0v) is 8.22. The van der Waals surface area contributed by atoms with Crippen molar-refractivity contribution in [3.8, 4) is 0 Å². The van der Waals surface area contributed by atoms with Gasteiger partial charge in [-0.3, -0.25) is 0 Å². The van der Waals surface area contributed by atoms with Crippen molar-refractivity contribution in [3.63, 3.8) is 0 Å². The number of hydrogen-bond acceptors (Lipinski definition) is 1. The van der Waals surface area contributed by atoms with E-state index in [0.717, 1.165) is 10.9 Å². The van der Waals surface area contributed by atoms with Crippen LogP contribution in [0.2, 0.25) is 5.02 Å². The van der Waals surface area contributed by atoms with Gasteiger partial charge in [-0.25, -0.2) is 4.79 Å². The zero-order valence-electron chi connectivity index (χ0n) is 7.47. The van der Waals surface area contributed by atoms with E-state index in [1.807, 2.05) is 0 Å². The fraction of sp³-hybridized carbons (Fsp3) is 0.100. The smallest absolute Gasteiger partial charge is 0.352 e. The molecular weight excluding hydrogens is 202 g/mol. The molecular formula is C10H8ClNO2. The predicted octanol–water partition coefficient (Wildman–Crippen LogP) is 2.83. The first kappa shape index (κ1) is 9.09. The average Bonchev–Trinajstić information content (AvgIpc) is 2.45. The molecule has 72 valence electrons. The number of benzene rings is 1. The average molecular weight is 210 g/mol. The molecule has 0 atom stereocenters. The minimum atomic E-state index is -0.963. The summed E-state index contributed by atoms with van der Waals surface area (Å²) in [4.78, 5) is 13.6. The van der Waals surface area contributed by atoms with Crippen LogP contribution in [0.15, 0.2) is 18.2 Å². The molecule has 1 aromatic carbocycles. The van der Waals surface area contributed by atoms with Crippen LogP contribution in [0.3, 0.4) is 0 Å². The number of carboxylic acid groups (broad SMARTS) is 1. The fourth-order valence-corrected chi connectivity index (χ4v) is 1.89. The summed E-state index contributed by atoms with van der Waals surface area (Å²) in [7, 11) is 0. The SMILES string of the molecule is Cc1c(C(=O)O)[nH]c2cccc(Cl)c12. The Morgan fingerprint density at radius 2 is 2.21 bits per heavy atom. The highest BCUT2D eigenvalue weighted by Gasteiger charge is 2.14. The molecule has 1 aromatic heterocycles. The molecule has 0 spiro atoms. The van der Waals surface area contributed by atoms with Crippen LogP contribution in [0.25, 0.3) is 10.9 Å². The Hall–Kier alpha value is -1.48. The number of nitrogens with one attached hydrogen (secondary N) is 1. The Morgan fingerprint density at radius 3 is 2.79 bits per heavy atom. The van der Waals surface area contributed by atoms with Crippen molar-refractivity contribution in [3.05, 3.63) is 34.5 Å². The number of carbonyl (C=O) groups is 1. The molecule has 4 heteroatoms. The quantitative estimate of drug-likeness (QED) is 0.759. The summed E-state index contributed by atoms with van der Waals surface area (Å²) in [6, 6.07) is 5.34. The first-order chi connectivity index (χ1) is 6.61. The number of H-pyrrole nitrogens is 1. The van der Waals surface area contributed by atoms with Gasteiger partial charge in [0.2, 0.25) is 0 Å². The third-order valence-electron chi connectivity index (χ3n) is 2.24. The molecule has 0 saturated carbocycles. The summed E-state index contributed by atoms with van der Waals surface area (Å²) in [5, 5.41) is 10.2. The number of hydrogen-bond donors (Lipinski definition) is 2. The first-order valence-electron chi connectivity index (χ1n) is 4.11. The van der Waals surface area contributed by atoms with E-state index in [1.54, 1.807) is 25.1 Å². The normalized spacial score (nSPS) is 10.7. The van der Waals surface area contributed by atoms with E-state index in [2.05, 4.69) is 4.98 Å². The van der Waals surface area contributed by atoms with Gasteiger partial charge in [0.1, 0.15) is 5.69 Å². The number of halogens is 1. The van der Waals surface area contributed by atoms with E-state index >= 15 is 0 Å². The van der Waals surface area contributed by atoms with E-state index in [9.17, 15) is 4.79 Å². The lowest BCUT2D eigenvalue weighted by Crippen LogP contribution is -1.98. The zero-order chi connectivity index (χ0) is 10.3. The number of aryl methyl sites for hydroxylation is 1. The molecule has 0 aliphatic carbocycles. The van der Waals surface area contributed by atoms with Crippen LogP contribution in [0.5, 0.6) is 0 Å². The largest absolute Gasteiger partial charge is 0.477 e. The van der Waals surface area contributed by atoms with Crippen molar-refractivity contribution in [2.75, 3.05) is 0 Å². The van der Waals surface area contributed by atoms with Crippen LogP contribution in [-0.4, -0.2) is 16.1 Å². The summed E-state index contributed by atoms with van der Waals surface area (Å²) in [6.45, 7) is 1.74. The summed E-state index contributed by atoms with van der Waals surface area (Å²) >= 11 is 5.97. The van der Waals surface area contributed by atoms with Crippen LogP contribution in [0.4, 0.5) is 0 Å². The molecule has 2 aromatic rings. The van der Waals surface area contributed by atoms with Crippen molar-refractivity contribution in [2.45, 2.75) is 6.92 Å². The Balaban J connectivity index is 2.87. The second-order valence-corrected chi connectivity index (χ2v) is 3.50. The highest BCUT2D eigenvalue weighted by Crippen LogP contribution is 2.28. The maximum Gasteiger partial charge on any atom is 0.352 e. The Labute approximate surface area is 85.3 Å². The number of aromatic carboxylic acids is 1. The van der Waals surface area contributed by atoms with Crippen molar-refractivity contribution in [2.24, 2.45) is 0 Å². The van der Waals surface area contributed by atoms with E-state index in [0.29, 0.717) is 10.6 Å². The lowest BCUT2D eigenvalue weighted by atomic mass is 10.1. The molecule has 2 rings (SSSR count). The third-order valence-corrected chi connectivity index (χ3v) is 2.55. The van der Waals surface area contributed by atoms with Gasteiger partial charge in [0.15, 0.2) is 0 Å². The molecule has 1 heterocycles. The maximum atomic E-state index is 10.8. The summed E-state index contributed by atoms with van der Waals surface area (Å²) < 4.78 is 0. The second-order valence-electron chi connectivity index (χ2n) is 3.09. The van der Waals surface area contributed by atoms with Gasteiger partial charge in [-0.15, -0.1) is 0 Å². The molecule has 3 nitrogen and oxygen atoms in total. The molecule has 2 N–H and O–H groups in total. The van der Waals surface area contributed by atoms with Crippen molar-refractivity contribution < 1.29 is 9.90 Å². The lowest BCUT2D eigenvalue weighted by Gasteiger charge is -1.94. The molecule has 0 aliphatic rings. The van der Waals surface area contributed by atoms with Crippen LogP contribution < -0.4 is 0 Å². The van der Waals surface area contributed by atoms with Gasteiger partial charge < -0.3 is 10.1 Å². The monoisotopic (exact) mass is 209 g/mol. The van der Waals surface area contributed by atoms with Crippen LogP contribution in [0.1, 0.15) is 16.1 Å². The Bertz CT molecular complexity index is 516. The Kier molecular flexibility index (Phi) is 1.97. The third kappa shape index (κ3) is 1.17. The van der Waals surface area contributed by atoms with Gasteiger partial charge in [0.25, 0.3) is 0 Å². The second kappa shape index (κ2) is 3.03. The molecule has 0 bridgehead atoms. The molecule has 14 heavy (non-hydrogen) atoms. The van der Waals surface area contributed by atoms with Crippen molar-refractivity contribution in [1.82, 2.24) is 4.98 Å². The van der Waals surface area contributed by atoms with Crippen molar-refractivity contribution in [1.29, 1.82) is 0 Å². The topological polar surface area (TPSA) is 53.1 Å². The van der Waals surface area contributed by atoms with Gasteiger partial charge in [0.05, 0.1) is 5.02 Å². The standard InChI is InChI=1S/C10H8ClNO2/c1-5-8-6(11)3-2-4-7(8)12-9(5)10(13)14/h2-4,12H,1H3,(H,13,14). The van der Waals surface area contributed by atoms with E-state index < -0.39 is 5.97 Å². The number of aromatic amines is 1.